The largest absolute Gasteiger partial charge is 0.425 e. The molecule has 1 aliphatic heterocycles. The number of nitrogens with zero attached hydrogens (tertiary/aromatic N) is 5. The molecule has 1 fully saturated rings. The van der Waals surface area contributed by atoms with Crippen molar-refractivity contribution in [3.05, 3.63) is 30.0 Å². The number of rotatable bonds is 4. The quantitative estimate of drug-likeness (QED) is 0.863. The van der Waals surface area contributed by atoms with E-state index in [-0.39, 0.29) is 0 Å². The Bertz CT molecular complexity index is 590. The lowest BCUT2D eigenvalue weighted by atomic mass is 9.90. The Labute approximate surface area is 125 Å². The van der Waals surface area contributed by atoms with Gasteiger partial charge in [0.15, 0.2) is 0 Å². The summed E-state index contributed by atoms with van der Waals surface area (Å²) in [6.45, 7) is 9.31. The highest BCUT2D eigenvalue weighted by atomic mass is 16.4. The zero-order valence-electron chi connectivity index (χ0n) is 13.0. The van der Waals surface area contributed by atoms with Gasteiger partial charge in [-0.1, -0.05) is 0 Å². The highest BCUT2D eigenvalue weighted by Gasteiger charge is 2.32. The first kappa shape index (κ1) is 14.3. The molecule has 0 amide bonds. The Kier molecular flexibility index (Phi) is 4.05. The van der Waals surface area contributed by atoms with Crippen LogP contribution >= 0.6 is 0 Å². The van der Waals surface area contributed by atoms with Gasteiger partial charge in [-0.2, -0.15) is 0 Å². The van der Waals surface area contributed by atoms with E-state index in [2.05, 4.69) is 31.6 Å². The van der Waals surface area contributed by atoms with Crippen LogP contribution in [0.4, 0.5) is 0 Å². The van der Waals surface area contributed by atoms with Crippen LogP contribution in [0.1, 0.15) is 43.3 Å². The zero-order chi connectivity index (χ0) is 14.8. The van der Waals surface area contributed by atoms with Crippen LogP contribution in [0.5, 0.6) is 0 Å². The van der Waals surface area contributed by atoms with Crippen LogP contribution in [0.3, 0.4) is 0 Å². The molecule has 6 heteroatoms. The number of piperidine rings is 1. The molecule has 6 nitrogen and oxygen atoms in total. The van der Waals surface area contributed by atoms with Gasteiger partial charge in [0.25, 0.3) is 0 Å². The molecule has 3 heterocycles. The summed E-state index contributed by atoms with van der Waals surface area (Å²) in [4.78, 5) is 6.80. The van der Waals surface area contributed by atoms with Gasteiger partial charge in [-0.05, 0) is 33.2 Å². The number of likely N-dealkylation sites (tertiary alicyclic amines) is 1. The average molecular weight is 289 g/mol. The van der Waals surface area contributed by atoms with Crippen molar-refractivity contribution in [1.29, 1.82) is 0 Å². The standard InChI is InChI=1S/C15H23N5O/c1-11-14(15-18-17-13(3)21-15)5-4-7-19(11)9-10-20-8-6-16-12(20)2/h6,8,11,14H,4-5,7,9-10H2,1-3H3/t11-,14-/m0/s1. The summed E-state index contributed by atoms with van der Waals surface area (Å²) < 4.78 is 7.85. The summed E-state index contributed by atoms with van der Waals surface area (Å²) in [5, 5.41) is 8.19. The van der Waals surface area contributed by atoms with Crippen LogP contribution < -0.4 is 0 Å². The van der Waals surface area contributed by atoms with E-state index in [9.17, 15) is 0 Å². The lowest BCUT2D eigenvalue weighted by molar-refractivity contribution is 0.121. The van der Waals surface area contributed by atoms with Gasteiger partial charge in [-0.3, -0.25) is 4.90 Å². The molecule has 1 saturated heterocycles. The van der Waals surface area contributed by atoms with Crippen LogP contribution in [0.25, 0.3) is 0 Å². The van der Waals surface area contributed by atoms with Gasteiger partial charge in [0.05, 0.1) is 5.92 Å². The van der Waals surface area contributed by atoms with Crippen molar-refractivity contribution in [1.82, 2.24) is 24.6 Å². The van der Waals surface area contributed by atoms with Gasteiger partial charge in [-0.15, -0.1) is 10.2 Å². The molecule has 0 radical (unpaired) electrons. The molecule has 2 aromatic heterocycles. The Morgan fingerprint density at radius 2 is 2.14 bits per heavy atom. The molecule has 0 N–H and O–H groups in total. The van der Waals surface area contributed by atoms with Crippen molar-refractivity contribution < 1.29 is 4.42 Å². The molecule has 2 atom stereocenters. The third kappa shape index (κ3) is 3.00. The second-order valence-electron chi connectivity index (χ2n) is 5.85. The van der Waals surface area contributed by atoms with Gasteiger partial charge in [0.1, 0.15) is 5.82 Å². The molecular formula is C15H23N5O. The maximum Gasteiger partial charge on any atom is 0.221 e. The van der Waals surface area contributed by atoms with E-state index in [1.165, 1.54) is 6.42 Å². The van der Waals surface area contributed by atoms with Gasteiger partial charge >= 0.3 is 0 Å². The van der Waals surface area contributed by atoms with Crippen LogP contribution in [0.2, 0.25) is 0 Å². The molecule has 0 aromatic carbocycles. The van der Waals surface area contributed by atoms with Crippen LogP contribution in [0.15, 0.2) is 16.8 Å². The van der Waals surface area contributed by atoms with Crippen molar-refractivity contribution >= 4 is 0 Å². The second kappa shape index (κ2) is 5.97. The first-order valence-electron chi connectivity index (χ1n) is 7.67. The predicted octanol–water partition coefficient (Wildman–Crippen LogP) is 2.15. The van der Waals surface area contributed by atoms with Crippen molar-refractivity contribution in [2.75, 3.05) is 13.1 Å². The van der Waals surface area contributed by atoms with Gasteiger partial charge in [0, 0.05) is 38.4 Å². The Morgan fingerprint density at radius 3 is 2.81 bits per heavy atom. The monoisotopic (exact) mass is 289 g/mol. The summed E-state index contributed by atoms with van der Waals surface area (Å²) in [5.74, 6) is 2.87. The first-order valence-corrected chi connectivity index (χ1v) is 7.67. The molecule has 2 aromatic rings. The minimum absolute atomic E-state index is 0.351. The molecule has 0 bridgehead atoms. The smallest absolute Gasteiger partial charge is 0.221 e. The van der Waals surface area contributed by atoms with Crippen molar-refractivity contribution in [2.24, 2.45) is 0 Å². The van der Waals surface area contributed by atoms with Crippen LogP contribution in [-0.4, -0.2) is 43.8 Å². The average Bonchev–Trinajstić information content (AvgIpc) is 3.07. The molecule has 0 aliphatic carbocycles. The zero-order valence-corrected chi connectivity index (χ0v) is 13.0. The summed E-state index contributed by atoms with van der Waals surface area (Å²) >= 11 is 0. The third-order valence-corrected chi connectivity index (χ3v) is 4.53. The molecule has 21 heavy (non-hydrogen) atoms. The van der Waals surface area contributed by atoms with Gasteiger partial charge in [0.2, 0.25) is 11.8 Å². The molecule has 0 spiro atoms. The fourth-order valence-electron chi connectivity index (χ4n) is 3.20. The molecule has 0 saturated carbocycles. The highest BCUT2D eigenvalue weighted by Crippen LogP contribution is 2.31. The number of hydrogen-bond acceptors (Lipinski definition) is 5. The number of imidazole rings is 1. The molecule has 114 valence electrons. The molecule has 1 aliphatic rings. The first-order chi connectivity index (χ1) is 10.1. The fourth-order valence-corrected chi connectivity index (χ4v) is 3.20. The Morgan fingerprint density at radius 1 is 1.29 bits per heavy atom. The maximum atomic E-state index is 5.65. The molecule has 0 unspecified atom stereocenters. The van der Waals surface area contributed by atoms with E-state index in [4.69, 9.17) is 4.42 Å². The summed E-state index contributed by atoms with van der Waals surface area (Å²) in [5.41, 5.74) is 0. The number of aromatic nitrogens is 4. The predicted molar refractivity (Wildman–Crippen MR) is 79.0 cm³/mol. The normalized spacial score (nSPS) is 23.6. The van der Waals surface area contributed by atoms with Crippen molar-refractivity contribution in [3.8, 4) is 0 Å². The second-order valence-corrected chi connectivity index (χ2v) is 5.85. The van der Waals surface area contributed by atoms with E-state index < -0.39 is 0 Å². The van der Waals surface area contributed by atoms with Gasteiger partial charge < -0.3 is 8.98 Å². The van der Waals surface area contributed by atoms with Gasteiger partial charge in [-0.25, -0.2) is 4.98 Å². The van der Waals surface area contributed by atoms with Crippen LogP contribution in [0, 0.1) is 13.8 Å². The van der Waals surface area contributed by atoms with E-state index in [0.717, 1.165) is 37.8 Å². The molecular weight excluding hydrogens is 266 g/mol. The number of aryl methyl sites for hydroxylation is 2. The minimum atomic E-state index is 0.351. The van der Waals surface area contributed by atoms with Crippen molar-refractivity contribution in [2.45, 2.75) is 52.1 Å². The van der Waals surface area contributed by atoms with E-state index in [1.807, 2.05) is 26.2 Å². The Hall–Kier alpha value is -1.69. The summed E-state index contributed by atoms with van der Waals surface area (Å²) in [6.07, 6.45) is 6.21. The third-order valence-electron chi connectivity index (χ3n) is 4.53. The SMILES string of the molecule is Cc1nnc([C@H]2CCCN(CCn3ccnc3C)[C@H]2C)o1. The summed E-state index contributed by atoms with van der Waals surface area (Å²) in [7, 11) is 0. The molecule has 3 rings (SSSR count). The fraction of sp³-hybridized carbons (Fsp3) is 0.667. The lowest BCUT2D eigenvalue weighted by Gasteiger charge is -2.37. The van der Waals surface area contributed by atoms with E-state index >= 15 is 0 Å². The lowest BCUT2D eigenvalue weighted by Crippen LogP contribution is -2.43. The Balaban J connectivity index is 1.64. The number of hydrogen-bond donors (Lipinski definition) is 0. The van der Waals surface area contributed by atoms with Crippen molar-refractivity contribution in [3.63, 3.8) is 0 Å². The summed E-state index contributed by atoms with van der Waals surface area (Å²) in [6, 6.07) is 0.433. The van der Waals surface area contributed by atoms with E-state index in [1.54, 1.807) is 0 Å². The van der Waals surface area contributed by atoms with Crippen LogP contribution in [-0.2, 0) is 6.54 Å². The highest BCUT2D eigenvalue weighted by molar-refractivity contribution is 4.99. The topological polar surface area (TPSA) is 60.0 Å². The van der Waals surface area contributed by atoms with E-state index in [0.29, 0.717) is 17.9 Å². The minimum Gasteiger partial charge on any atom is -0.425 e. The maximum absolute atomic E-state index is 5.65.